The maximum Gasteiger partial charge on any atom is 0.128 e. The Balaban J connectivity index is 2.76. The Hall–Kier alpha value is -0.800. The van der Waals surface area contributed by atoms with Crippen molar-refractivity contribution in [3.63, 3.8) is 0 Å². The van der Waals surface area contributed by atoms with Crippen LogP contribution in [-0.2, 0) is 6.54 Å². The van der Waals surface area contributed by atoms with Crippen LogP contribution in [0.25, 0.3) is 0 Å². The van der Waals surface area contributed by atoms with Crippen molar-refractivity contribution in [1.29, 1.82) is 0 Å². The molecule has 0 saturated heterocycles. The molecule has 4 heteroatoms. The second-order valence-corrected chi connectivity index (χ2v) is 5.22. The van der Waals surface area contributed by atoms with Crippen LogP contribution in [0.5, 0.6) is 0 Å². The summed E-state index contributed by atoms with van der Waals surface area (Å²) in [6.45, 7) is 9.31. The van der Waals surface area contributed by atoms with Crippen LogP contribution in [0.15, 0.2) is 12.3 Å². The van der Waals surface area contributed by atoms with Crippen LogP contribution in [0.3, 0.4) is 0 Å². The topological polar surface area (TPSA) is 28.2 Å². The van der Waals surface area contributed by atoms with E-state index in [1.807, 2.05) is 0 Å². The summed E-state index contributed by atoms with van der Waals surface area (Å²) in [7, 11) is 2.08. The van der Waals surface area contributed by atoms with E-state index in [0.29, 0.717) is 5.92 Å². The van der Waals surface area contributed by atoms with Gasteiger partial charge in [0.2, 0.25) is 0 Å². The van der Waals surface area contributed by atoms with Crippen molar-refractivity contribution in [2.45, 2.75) is 33.7 Å². The quantitative estimate of drug-likeness (QED) is 0.823. The Morgan fingerprint density at radius 2 is 2.17 bits per heavy atom. The van der Waals surface area contributed by atoms with E-state index in [4.69, 9.17) is 11.6 Å². The molecule has 1 N–H and O–H groups in total. The first kappa shape index (κ1) is 15.3. The van der Waals surface area contributed by atoms with Crippen LogP contribution in [0, 0.1) is 5.92 Å². The lowest BCUT2D eigenvalue weighted by Gasteiger charge is -2.22. The molecule has 18 heavy (non-hydrogen) atoms. The molecular formula is C14H24ClN3. The first-order chi connectivity index (χ1) is 8.58. The van der Waals surface area contributed by atoms with Gasteiger partial charge in [-0.25, -0.2) is 4.98 Å². The molecule has 1 aromatic rings. The Morgan fingerprint density at radius 3 is 2.78 bits per heavy atom. The standard InChI is InChI=1S/C14H24ClN3/c1-5-11(3)10-18(4)14-7-12(8-16-6-2)13(15)9-17-14/h7,9,11,16H,5-6,8,10H2,1-4H3. The van der Waals surface area contributed by atoms with Crippen molar-refractivity contribution in [3.05, 3.63) is 22.8 Å². The van der Waals surface area contributed by atoms with E-state index in [1.54, 1.807) is 6.20 Å². The Kier molecular flexibility index (Phi) is 6.44. The molecule has 0 radical (unpaired) electrons. The van der Waals surface area contributed by atoms with Gasteiger partial charge in [-0.2, -0.15) is 0 Å². The van der Waals surface area contributed by atoms with Crippen LogP contribution in [0.2, 0.25) is 5.02 Å². The van der Waals surface area contributed by atoms with Crippen molar-refractivity contribution in [2.24, 2.45) is 5.92 Å². The molecule has 1 rings (SSSR count). The van der Waals surface area contributed by atoms with E-state index < -0.39 is 0 Å². The highest BCUT2D eigenvalue weighted by molar-refractivity contribution is 6.31. The summed E-state index contributed by atoms with van der Waals surface area (Å²) in [5.74, 6) is 1.66. The van der Waals surface area contributed by atoms with E-state index in [9.17, 15) is 0 Å². The molecule has 0 bridgehead atoms. The molecule has 0 amide bonds. The predicted molar refractivity (Wildman–Crippen MR) is 79.4 cm³/mol. The summed E-state index contributed by atoms with van der Waals surface area (Å²) < 4.78 is 0. The highest BCUT2D eigenvalue weighted by atomic mass is 35.5. The molecule has 1 heterocycles. The first-order valence-corrected chi connectivity index (χ1v) is 7.02. The molecule has 102 valence electrons. The molecule has 0 saturated carbocycles. The van der Waals surface area contributed by atoms with Crippen LogP contribution >= 0.6 is 11.6 Å². The number of pyridine rings is 1. The van der Waals surface area contributed by atoms with Crippen LogP contribution in [-0.4, -0.2) is 25.1 Å². The molecule has 0 fully saturated rings. The van der Waals surface area contributed by atoms with E-state index in [2.05, 4.69) is 49.1 Å². The Bertz CT molecular complexity index is 368. The normalized spacial score (nSPS) is 12.5. The van der Waals surface area contributed by atoms with Gasteiger partial charge in [0.15, 0.2) is 0 Å². The van der Waals surface area contributed by atoms with Crippen molar-refractivity contribution in [1.82, 2.24) is 10.3 Å². The van der Waals surface area contributed by atoms with Crippen molar-refractivity contribution in [3.8, 4) is 0 Å². The molecule has 3 nitrogen and oxygen atoms in total. The van der Waals surface area contributed by atoms with Crippen LogP contribution in [0.1, 0.15) is 32.8 Å². The molecule has 0 aromatic carbocycles. The fourth-order valence-electron chi connectivity index (χ4n) is 1.76. The average molecular weight is 270 g/mol. The number of hydrogen-bond donors (Lipinski definition) is 1. The van der Waals surface area contributed by atoms with Crippen molar-refractivity contribution in [2.75, 3.05) is 25.0 Å². The van der Waals surface area contributed by atoms with Gasteiger partial charge in [0.05, 0.1) is 5.02 Å². The lowest BCUT2D eigenvalue weighted by Crippen LogP contribution is -2.24. The zero-order chi connectivity index (χ0) is 13.5. The molecule has 1 aromatic heterocycles. The highest BCUT2D eigenvalue weighted by Gasteiger charge is 2.09. The van der Waals surface area contributed by atoms with Gasteiger partial charge in [-0.05, 0) is 24.1 Å². The van der Waals surface area contributed by atoms with Gasteiger partial charge in [-0.15, -0.1) is 0 Å². The minimum Gasteiger partial charge on any atom is -0.359 e. The number of anilines is 1. The Labute approximate surface area is 116 Å². The zero-order valence-corrected chi connectivity index (χ0v) is 12.6. The monoisotopic (exact) mass is 269 g/mol. The fraction of sp³-hybridized carbons (Fsp3) is 0.643. The molecule has 1 atom stereocenters. The van der Waals surface area contributed by atoms with Gasteiger partial charge in [0.1, 0.15) is 5.82 Å². The lowest BCUT2D eigenvalue weighted by molar-refractivity contribution is 0.557. The van der Waals surface area contributed by atoms with Crippen molar-refractivity contribution < 1.29 is 0 Å². The largest absolute Gasteiger partial charge is 0.359 e. The minimum atomic E-state index is 0.671. The summed E-state index contributed by atoms with van der Waals surface area (Å²) in [4.78, 5) is 6.59. The third-order valence-corrected chi connectivity index (χ3v) is 3.50. The second-order valence-electron chi connectivity index (χ2n) is 4.81. The number of hydrogen-bond acceptors (Lipinski definition) is 3. The number of aromatic nitrogens is 1. The summed E-state index contributed by atoms with van der Waals surface area (Å²) >= 11 is 6.15. The summed E-state index contributed by atoms with van der Waals surface area (Å²) in [5.41, 5.74) is 1.11. The number of nitrogens with zero attached hydrogens (tertiary/aromatic N) is 2. The molecule has 0 spiro atoms. The van der Waals surface area contributed by atoms with E-state index in [0.717, 1.165) is 36.0 Å². The summed E-state index contributed by atoms with van der Waals surface area (Å²) in [6.07, 6.45) is 2.93. The number of halogens is 1. The van der Waals surface area contributed by atoms with Gasteiger partial charge in [-0.3, -0.25) is 0 Å². The maximum absolute atomic E-state index is 6.15. The maximum atomic E-state index is 6.15. The molecule has 1 unspecified atom stereocenters. The molecule has 0 aliphatic rings. The SMILES string of the molecule is CCNCc1cc(N(C)CC(C)CC)ncc1Cl. The smallest absolute Gasteiger partial charge is 0.128 e. The summed E-state index contributed by atoms with van der Waals surface area (Å²) in [5, 5.41) is 4.03. The molecule has 0 aliphatic heterocycles. The predicted octanol–water partition coefficient (Wildman–Crippen LogP) is 3.33. The van der Waals surface area contributed by atoms with Crippen molar-refractivity contribution >= 4 is 17.4 Å². The average Bonchev–Trinajstić information content (AvgIpc) is 2.37. The number of rotatable bonds is 7. The minimum absolute atomic E-state index is 0.671. The van der Waals surface area contributed by atoms with Gasteiger partial charge < -0.3 is 10.2 Å². The van der Waals surface area contributed by atoms with Gasteiger partial charge in [0.25, 0.3) is 0 Å². The van der Waals surface area contributed by atoms with E-state index in [1.165, 1.54) is 6.42 Å². The third-order valence-electron chi connectivity index (χ3n) is 3.16. The number of nitrogens with one attached hydrogen (secondary N) is 1. The van der Waals surface area contributed by atoms with E-state index >= 15 is 0 Å². The highest BCUT2D eigenvalue weighted by Crippen LogP contribution is 2.20. The van der Waals surface area contributed by atoms with Crippen LogP contribution in [0.4, 0.5) is 5.82 Å². The second kappa shape index (κ2) is 7.59. The van der Waals surface area contributed by atoms with Gasteiger partial charge >= 0.3 is 0 Å². The lowest BCUT2D eigenvalue weighted by atomic mass is 10.1. The van der Waals surface area contributed by atoms with Crippen LogP contribution < -0.4 is 10.2 Å². The van der Waals surface area contributed by atoms with Gasteiger partial charge in [0, 0.05) is 26.3 Å². The molecular weight excluding hydrogens is 246 g/mol. The Morgan fingerprint density at radius 1 is 1.44 bits per heavy atom. The zero-order valence-electron chi connectivity index (χ0n) is 11.8. The fourth-order valence-corrected chi connectivity index (χ4v) is 1.93. The third kappa shape index (κ3) is 4.46. The van der Waals surface area contributed by atoms with Gasteiger partial charge in [-0.1, -0.05) is 38.8 Å². The summed E-state index contributed by atoms with van der Waals surface area (Å²) in [6, 6.07) is 2.08. The van der Waals surface area contributed by atoms with E-state index in [-0.39, 0.29) is 0 Å². The molecule has 0 aliphatic carbocycles. The first-order valence-electron chi connectivity index (χ1n) is 6.64.